The molecule has 0 aromatic heterocycles. The first-order valence-electron chi connectivity index (χ1n) is 10.6. The first-order valence-corrected chi connectivity index (χ1v) is 11.0. The van der Waals surface area contributed by atoms with Gasteiger partial charge in [0.25, 0.3) is 0 Å². The molecule has 0 aliphatic heterocycles. The number of rotatable bonds is 8. The number of hydrogen-bond donors (Lipinski definition) is 0. The van der Waals surface area contributed by atoms with Crippen molar-refractivity contribution in [1.82, 2.24) is 0 Å². The van der Waals surface area contributed by atoms with E-state index in [1.165, 1.54) is 5.56 Å². The molecule has 4 nitrogen and oxygen atoms in total. The van der Waals surface area contributed by atoms with E-state index in [4.69, 9.17) is 25.8 Å². The van der Waals surface area contributed by atoms with Gasteiger partial charge in [0.2, 0.25) is 0 Å². The zero-order chi connectivity index (χ0) is 22.6. The van der Waals surface area contributed by atoms with Crippen LogP contribution >= 0.6 is 11.6 Å². The molecule has 0 atom stereocenters. The van der Waals surface area contributed by atoms with Gasteiger partial charge in [-0.3, -0.25) is 0 Å². The second-order valence-corrected chi connectivity index (χ2v) is 9.63. The molecule has 0 spiro atoms. The van der Waals surface area contributed by atoms with Crippen LogP contribution in [0.2, 0.25) is 5.02 Å². The molecule has 166 valence electrons. The van der Waals surface area contributed by atoms with Gasteiger partial charge in [0.05, 0.1) is 6.10 Å². The molecular weight excluding hydrogens is 412 g/mol. The quantitative estimate of drug-likeness (QED) is 0.342. The molecule has 2 aromatic rings. The molecule has 2 aromatic carbocycles. The van der Waals surface area contributed by atoms with E-state index in [-0.39, 0.29) is 18.7 Å². The van der Waals surface area contributed by atoms with Crippen molar-refractivity contribution in [2.45, 2.75) is 58.2 Å². The van der Waals surface area contributed by atoms with Crippen LogP contribution in [0.3, 0.4) is 0 Å². The van der Waals surface area contributed by atoms with E-state index in [9.17, 15) is 4.79 Å². The molecule has 1 fully saturated rings. The largest absolute Gasteiger partial charge is 0.489 e. The summed E-state index contributed by atoms with van der Waals surface area (Å²) in [6, 6.07) is 14.1. The summed E-state index contributed by atoms with van der Waals surface area (Å²) < 4.78 is 16.9. The van der Waals surface area contributed by atoms with Gasteiger partial charge in [0.1, 0.15) is 24.6 Å². The number of hydrogen-bond acceptors (Lipinski definition) is 4. The smallest absolute Gasteiger partial charge is 0.332 e. The molecule has 0 amide bonds. The second kappa shape index (κ2) is 9.88. The lowest BCUT2D eigenvalue weighted by Crippen LogP contribution is -2.33. The first-order chi connectivity index (χ1) is 14.6. The summed E-state index contributed by atoms with van der Waals surface area (Å²) in [6.45, 7) is 11.9. The molecule has 1 saturated carbocycles. The number of benzene rings is 2. The predicted molar refractivity (Wildman–Crippen MR) is 125 cm³/mol. The van der Waals surface area contributed by atoms with E-state index in [1.54, 1.807) is 0 Å². The van der Waals surface area contributed by atoms with Crippen LogP contribution < -0.4 is 4.74 Å². The molecule has 0 bridgehead atoms. The fourth-order valence-corrected chi connectivity index (χ4v) is 3.69. The van der Waals surface area contributed by atoms with Crippen molar-refractivity contribution >= 4 is 17.6 Å². The van der Waals surface area contributed by atoms with Crippen LogP contribution in [0.5, 0.6) is 5.75 Å². The highest BCUT2D eigenvalue weighted by Gasteiger charge is 2.32. The van der Waals surface area contributed by atoms with Crippen molar-refractivity contribution in [2.24, 2.45) is 0 Å². The summed E-state index contributed by atoms with van der Waals surface area (Å²) in [7, 11) is 0. The van der Waals surface area contributed by atoms with Gasteiger partial charge in [-0.15, -0.1) is 0 Å². The van der Waals surface area contributed by atoms with Gasteiger partial charge in [0.15, 0.2) is 0 Å². The average Bonchev–Trinajstić information content (AvgIpc) is 2.64. The molecule has 1 aliphatic carbocycles. The zero-order valence-corrected chi connectivity index (χ0v) is 19.5. The standard InChI is InChI=1S/C26H31ClO4/c1-17(2)15-30-24-11-10-21(27)14-23(24)19-8-6-18(7-9-19)20-12-22(13-20)29-16-25(28)31-26(3,4)5/h6-11,14,20,22H,1,12-13,15-16H2,2-5H3. The Labute approximate surface area is 190 Å². The van der Waals surface area contributed by atoms with Gasteiger partial charge in [-0.2, -0.15) is 0 Å². The molecular formula is C26H31ClO4. The summed E-state index contributed by atoms with van der Waals surface area (Å²) in [5, 5.41) is 0.672. The highest BCUT2D eigenvalue weighted by molar-refractivity contribution is 6.31. The lowest BCUT2D eigenvalue weighted by molar-refractivity contribution is -0.164. The first kappa shape index (κ1) is 23.4. The Morgan fingerprint density at radius 2 is 1.77 bits per heavy atom. The Morgan fingerprint density at radius 3 is 2.39 bits per heavy atom. The van der Waals surface area contributed by atoms with Crippen LogP contribution in [-0.2, 0) is 14.3 Å². The summed E-state index contributed by atoms with van der Waals surface area (Å²) in [5.41, 5.74) is 3.77. The maximum atomic E-state index is 11.8. The molecule has 0 unspecified atom stereocenters. The normalized spacial score (nSPS) is 18.2. The lowest BCUT2D eigenvalue weighted by atomic mass is 9.77. The minimum Gasteiger partial charge on any atom is -0.489 e. The Bertz CT molecular complexity index is 921. The van der Waals surface area contributed by atoms with Crippen LogP contribution in [0.4, 0.5) is 0 Å². The van der Waals surface area contributed by atoms with E-state index in [1.807, 2.05) is 45.9 Å². The Balaban J connectivity index is 1.57. The van der Waals surface area contributed by atoms with E-state index >= 15 is 0 Å². The Hall–Kier alpha value is -2.30. The summed E-state index contributed by atoms with van der Waals surface area (Å²) >= 11 is 6.23. The number of esters is 1. The number of ether oxygens (including phenoxy) is 3. The van der Waals surface area contributed by atoms with Crippen LogP contribution in [0.1, 0.15) is 52.0 Å². The highest BCUT2D eigenvalue weighted by Crippen LogP contribution is 2.40. The number of carbonyl (C=O) groups is 1. The summed E-state index contributed by atoms with van der Waals surface area (Å²) in [6.07, 6.45) is 1.92. The van der Waals surface area contributed by atoms with Gasteiger partial charge >= 0.3 is 5.97 Å². The van der Waals surface area contributed by atoms with Crippen molar-refractivity contribution in [3.05, 3.63) is 65.2 Å². The molecule has 0 saturated heterocycles. The van der Waals surface area contributed by atoms with Gasteiger partial charge in [-0.05, 0) is 81.4 Å². The Morgan fingerprint density at radius 1 is 1.10 bits per heavy atom. The van der Waals surface area contributed by atoms with Crippen molar-refractivity contribution in [3.8, 4) is 16.9 Å². The topological polar surface area (TPSA) is 44.8 Å². The van der Waals surface area contributed by atoms with Crippen LogP contribution in [-0.4, -0.2) is 30.9 Å². The molecule has 0 N–H and O–H groups in total. The molecule has 0 heterocycles. The molecule has 3 rings (SSSR count). The fourth-order valence-electron chi connectivity index (χ4n) is 3.52. The van der Waals surface area contributed by atoms with E-state index in [0.29, 0.717) is 17.5 Å². The van der Waals surface area contributed by atoms with Crippen molar-refractivity contribution in [1.29, 1.82) is 0 Å². The third kappa shape index (κ3) is 6.84. The summed E-state index contributed by atoms with van der Waals surface area (Å²) in [5.74, 6) is 0.919. The average molecular weight is 443 g/mol. The van der Waals surface area contributed by atoms with Crippen LogP contribution in [0.15, 0.2) is 54.6 Å². The Kier molecular flexibility index (Phi) is 7.45. The molecule has 31 heavy (non-hydrogen) atoms. The third-order valence-corrected chi connectivity index (χ3v) is 5.30. The van der Waals surface area contributed by atoms with Crippen molar-refractivity contribution in [3.63, 3.8) is 0 Å². The van der Waals surface area contributed by atoms with Crippen LogP contribution in [0.25, 0.3) is 11.1 Å². The monoisotopic (exact) mass is 442 g/mol. The van der Waals surface area contributed by atoms with Crippen molar-refractivity contribution < 1.29 is 19.0 Å². The third-order valence-electron chi connectivity index (χ3n) is 5.06. The number of carbonyl (C=O) groups excluding carboxylic acids is 1. The second-order valence-electron chi connectivity index (χ2n) is 9.20. The van der Waals surface area contributed by atoms with E-state index in [0.717, 1.165) is 35.3 Å². The highest BCUT2D eigenvalue weighted by atomic mass is 35.5. The predicted octanol–water partition coefficient (Wildman–Crippen LogP) is 6.57. The van der Waals surface area contributed by atoms with E-state index in [2.05, 4.69) is 30.8 Å². The van der Waals surface area contributed by atoms with Gasteiger partial charge in [-0.25, -0.2) is 4.79 Å². The van der Waals surface area contributed by atoms with Gasteiger partial charge in [-0.1, -0.05) is 42.4 Å². The SMILES string of the molecule is C=C(C)COc1ccc(Cl)cc1-c1ccc(C2CC(OCC(=O)OC(C)(C)C)C2)cc1. The van der Waals surface area contributed by atoms with Gasteiger partial charge in [0, 0.05) is 10.6 Å². The maximum Gasteiger partial charge on any atom is 0.332 e. The fraction of sp³-hybridized carbons (Fsp3) is 0.423. The minimum atomic E-state index is -0.483. The molecule has 1 aliphatic rings. The van der Waals surface area contributed by atoms with Gasteiger partial charge < -0.3 is 14.2 Å². The van der Waals surface area contributed by atoms with Crippen molar-refractivity contribution in [2.75, 3.05) is 13.2 Å². The number of halogens is 1. The lowest BCUT2D eigenvalue weighted by Gasteiger charge is -2.35. The molecule has 5 heteroatoms. The minimum absolute atomic E-state index is 0.00925. The van der Waals surface area contributed by atoms with E-state index < -0.39 is 5.60 Å². The maximum absolute atomic E-state index is 11.8. The molecule has 0 radical (unpaired) electrons. The zero-order valence-electron chi connectivity index (χ0n) is 18.7. The van der Waals surface area contributed by atoms with Crippen LogP contribution in [0, 0.1) is 0 Å². The summed E-state index contributed by atoms with van der Waals surface area (Å²) in [4.78, 5) is 11.8.